The molecule has 1 unspecified atom stereocenters. The summed E-state index contributed by atoms with van der Waals surface area (Å²) in [6.45, 7) is 4.30. The molecule has 1 nitrogen and oxygen atoms in total. The number of nitrogens with zero attached hydrogens (tertiary/aromatic N) is 1. The van der Waals surface area contributed by atoms with E-state index in [1.807, 2.05) is 6.07 Å². The minimum atomic E-state index is -0.184. The summed E-state index contributed by atoms with van der Waals surface area (Å²) < 4.78 is 13.5. The average molecular weight is 256 g/mol. The second-order valence-electron chi connectivity index (χ2n) is 4.81. The van der Waals surface area contributed by atoms with E-state index in [1.54, 1.807) is 6.07 Å². The monoisotopic (exact) mass is 255 g/mol. The van der Waals surface area contributed by atoms with Gasteiger partial charge in [0, 0.05) is 24.7 Å². The minimum Gasteiger partial charge on any atom is -0.371 e. The minimum absolute atomic E-state index is 0.184. The van der Waals surface area contributed by atoms with E-state index in [4.69, 9.17) is 11.6 Å². The molecule has 2 rings (SSSR count). The molecule has 1 aromatic rings. The Balaban J connectivity index is 2.18. The summed E-state index contributed by atoms with van der Waals surface area (Å²) in [6, 6.07) is 5.14. The summed E-state index contributed by atoms with van der Waals surface area (Å²) in [6.07, 6.45) is 3.70. The standard InChI is InChI=1S/C14H19ClFN/c1-2-11-4-3-5-17(10-11)14-7-12(9-15)6-13(16)8-14/h6-8,11H,2-5,9-10H2,1H3. The van der Waals surface area contributed by atoms with E-state index in [1.165, 1.54) is 25.3 Å². The first-order chi connectivity index (χ1) is 8.22. The van der Waals surface area contributed by atoms with Crippen molar-refractivity contribution in [2.24, 2.45) is 5.92 Å². The molecule has 1 heterocycles. The zero-order valence-corrected chi connectivity index (χ0v) is 11.0. The van der Waals surface area contributed by atoms with Crippen LogP contribution in [0.4, 0.5) is 10.1 Å². The molecule has 3 heteroatoms. The molecule has 0 spiro atoms. The number of benzene rings is 1. The van der Waals surface area contributed by atoms with Crippen LogP contribution >= 0.6 is 11.6 Å². The van der Waals surface area contributed by atoms with Crippen LogP contribution < -0.4 is 4.90 Å². The first-order valence-corrected chi connectivity index (χ1v) is 6.86. The molecule has 0 saturated carbocycles. The van der Waals surface area contributed by atoms with Crippen molar-refractivity contribution >= 4 is 17.3 Å². The Morgan fingerprint density at radius 3 is 2.94 bits per heavy atom. The van der Waals surface area contributed by atoms with Crippen LogP contribution in [-0.2, 0) is 5.88 Å². The largest absolute Gasteiger partial charge is 0.371 e. The lowest BCUT2D eigenvalue weighted by Crippen LogP contribution is -2.35. The molecule has 1 aliphatic heterocycles. The van der Waals surface area contributed by atoms with Crippen LogP contribution in [0.2, 0.25) is 0 Å². The molecule has 1 saturated heterocycles. The van der Waals surface area contributed by atoms with Gasteiger partial charge in [-0.15, -0.1) is 11.6 Å². The molecule has 0 aromatic heterocycles. The Morgan fingerprint density at radius 2 is 2.24 bits per heavy atom. The van der Waals surface area contributed by atoms with Gasteiger partial charge in [0.15, 0.2) is 0 Å². The Morgan fingerprint density at radius 1 is 1.41 bits per heavy atom. The first kappa shape index (κ1) is 12.7. The highest BCUT2D eigenvalue weighted by atomic mass is 35.5. The van der Waals surface area contributed by atoms with Crippen molar-refractivity contribution in [3.05, 3.63) is 29.6 Å². The van der Waals surface area contributed by atoms with Crippen molar-refractivity contribution in [3.8, 4) is 0 Å². The molecule has 94 valence electrons. The van der Waals surface area contributed by atoms with Gasteiger partial charge in [0.05, 0.1) is 0 Å². The average Bonchev–Trinajstić information content (AvgIpc) is 2.38. The van der Waals surface area contributed by atoms with Crippen molar-refractivity contribution in [1.29, 1.82) is 0 Å². The van der Waals surface area contributed by atoms with Crippen molar-refractivity contribution < 1.29 is 4.39 Å². The number of hydrogen-bond donors (Lipinski definition) is 0. The summed E-state index contributed by atoms with van der Waals surface area (Å²) in [7, 11) is 0. The second kappa shape index (κ2) is 5.72. The molecule has 1 aromatic carbocycles. The fourth-order valence-corrected chi connectivity index (χ4v) is 2.68. The van der Waals surface area contributed by atoms with E-state index in [2.05, 4.69) is 11.8 Å². The van der Waals surface area contributed by atoms with Crippen molar-refractivity contribution in [3.63, 3.8) is 0 Å². The Hall–Kier alpha value is -0.760. The normalized spacial score (nSPS) is 20.6. The molecule has 0 aliphatic carbocycles. The fourth-order valence-electron chi connectivity index (χ4n) is 2.53. The molecule has 1 fully saturated rings. The fraction of sp³-hybridized carbons (Fsp3) is 0.571. The van der Waals surface area contributed by atoms with E-state index >= 15 is 0 Å². The van der Waals surface area contributed by atoms with Crippen LogP contribution in [-0.4, -0.2) is 13.1 Å². The SMILES string of the molecule is CCC1CCCN(c2cc(F)cc(CCl)c2)C1. The van der Waals surface area contributed by atoms with Gasteiger partial charge >= 0.3 is 0 Å². The maximum Gasteiger partial charge on any atom is 0.125 e. The highest BCUT2D eigenvalue weighted by molar-refractivity contribution is 6.17. The highest BCUT2D eigenvalue weighted by Gasteiger charge is 2.19. The van der Waals surface area contributed by atoms with Gasteiger partial charge in [-0.25, -0.2) is 4.39 Å². The zero-order valence-electron chi connectivity index (χ0n) is 10.3. The summed E-state index contributed by atoms with van der Waals surface area (Å²) in [5.41, 5.74) is 1.85. The first-order valence-electron chi connectivity index (χ1n) is 6.33. The van der Waals surface area contributed by atoms with Gasteiger partial charge in [-0.05, 0) is 42.5 Å². The van der Waals surface area contributed by atoms with E-state index in [0.29, 0.717) is 5.88 Å². The van der Waals surface area contributed by atoms with Crippen molar-refractivity contribution in [1.82, 2.24) is 0 Å². The quantitative estimate of drug-likeness (QED) is 0.732. The number of hydrogen-bond acceptors (Lipinski definition) is 1. The van der Waals surface area contributed by atoms with Gasteiger partial charge in [-0.2, -0.15) is 0 Å². The van der Waals surface area contributed by atoms with Crippen LogP contribution in [0.3, 0.4) is 0 Å². The third kappa shape index (κ3) is 3.12. The highest BCUT2D eigenvalue weighted by Crippen LogP contribution is 2.26. The number of rotatable bonds is 3. The lowest BCUT2D eigenvalue weighted by Gasteiger charge is -2.34. The van der Waals surface area contributed by atoms with Gasteiger partial charge in [-0.3, -0.25) is 0 Å². The summed E-state index contributed by atoms with van der Waals surface area (Å²) >= 11 is 5.78. The van der Waals surface area contributed by atoms with Gasteiger partial charge in [0.25, 0.3) is 0 Å². The van der Waals surface area contributed by atoms with Crippen molar-refractivity contribution in [2.75, 3.05) is 18.0 Å². The smallest absolute Gasteiger partial charge is 0.125 e. The van der Waals surface area contributed by atoms with Crippen LogP contribution in [0.5, 0.6) is 0 Å². The Kier molecular flexibility index (Phi) is 4.27. The lowest BCUT2D eigenvalue weighted by molar-refractivity contribution is 0.404. The number of anilines is 1. The number of alkyl halides is 1. The summed E-state index contributed by atoms with van der Waals surface area (Å²) in [5.74, 6) is 0.929. The maximum atomic E-state index is 13.5. The molecule has 0 bridgehead atoms. The number of halogens is 2. The van der Waals surface area contributed by atoms with Gasteiger partial charge in [0.1, 0.15) is 5.82 Å². The molecule has 0 amide bonds. The third-order valence-corrected chi connectivity index (χ3v) is 3.87. The molecule has 17 heavy (non-hydrogen) atoms. The molecule has 0 radical (unpaired) electrons. The van der Waals surface area contributed by atoms with Crippen molar-refractivity contribution in [2.45, 2.75) is 32.1 Å². The van der Waals surface area contributed by atoms with Crippen LogP contribution in [0.25, 0.3) is 0 Å². The van der Waals surface area contributed by atoms with Crippen LogP contribution in [0, 0.1) is 11.7 Å². The third-order valence-electron chi connectivity index (χ3n) is 3.56. The summed E-state index contributed by atoms with van der Waals surface area (Å²) in [4.78, 5) is 2.29. The Labute approximate surface area is 108 Å². The maximum absolute atomic E-state index is 13.5. The molecule has 1 aliphatic rings. The van der Waals surface area contributed by atoms with E-state index in [0.717, 1.165) is 30.3 Å². The zero-order chi connectivity index (χ0) is 12.3. The van der Waals surface area contributed by atoms with Gasteiger partial charge < -0.3 is 4.90 Å². The van der Waals surface area contributed by atoms with E-state index < -0.39 is 0 Å². The molecular formula is C14H19ClFN. The Bertz CT molecular complexity index is 380. The van der Waals surface area contributed by atoms with Crippen LogP contribution in [0.15, 0.2) is 18.2 Å². The van der Waals surface area contributed by atoms with Crippen LogP contribution in [0.1, 0.15) is 31.7 Å². The second-order valence-corrected chi connectivity index (χ2v) is 5.08. The van der Waals surface area contributed by atoms with Gasteiger partial charge in [-0.1, -0.05) is 13.3 Å². The predicted octanol–water partition coefficient (Wildman–Crippen LogP) is 4.19. The summed E-state index contributed by atoms with van der Waals surface area (Å²) in [5, 5.41) is 0. The predicted molar refractivity (Wildman–Crippen MR) is 71.2 cm³/mol. The molecular weight excluding hydrogens is 237 g/mol. The van der Waals surface area contributed by atoms with E-state index in [9.17, 15) is 4.39 Å². The molecule has 0 N–H and O–H groups in total. The topological polar surface area (TPSA) is 3.24 Å². The van der Waals surface area contributed by atoms with E-state index in [-0.39, 0.29) is 5.82 Å². The van der Waals surface area contributed by atoms with Gasteiger partial charge in [0.2, 0.25) is 0 Å². The lowest BCUT2D eigenvalue weighted by atomic mass is 9.95. The molecule has 1 atom stereocenters. The number of piperidine rings is 1.